The van der Waals surface area contributed by atoms with E-state index in [2.05, 4.69) is 35.8 Å². The standard InChI is InChI=1S/C29H30F3N5S2/c1-29(2,3)27-36-24(26(38-27)22-14-15-33-28(35-22)34-18-8-5-4-6-9-18)17-12-13-19(30)23(16-17)37-39-25-20(31)10-7-11-21(25)32/h7,10-16,18,37H,4-6,8-9H2,1-3H3,(H,33,34,35). The highest BCUT2D eigenvalue weighted by Crippen LogP contribution is 2.41. The van der Waals surface area contributed by atoms with Gasteiger partial charge in [-0.3, -0.25) is 0 Å². The molecule has 2 heterocycles. The van der Waals surface area contributed by atoms with Crippen LogP contribution in [0.3, 0.4) is 0 Å². The minimum absolute atomic E-state index is 0.0961. The maximum Gasteiger partial charge on any atom is 0.223 e. The van der Waals surface area contributed by atoms with Gasteiger partial charge >= 0.3 is 0 Å². The quantitative estimate of drug-likeness (QED) is 0.217. The van der Waals surface area contributed by atoms with Crippen LogP contribution in [0.25, 0.3) is 21.8 Å². The maximum absolute atomic E-state index is 14.8. The average Bonchev–Trinajstić information content (AvgIpc) is 3.37. The third-order valence-corrected chi connectivity index (χ3v) is 8.94. The third kappa shape index (κ3) is 6.38. The Hall–Kier alpha value is -3.11. The van der Waals surface area contributed by atoms with Crippen molar-refractivity contribution in [1.82, 2.24) is 15.0 Å². The molecule has 1 aliphatic rings. The first-order valence-electron chi connectivity index (χ1n) is 13.0. The Labute approximate surface area is 234 Å². The first-order valence-corrected chi connectivity index (χ1v) is 14.6. The van der Waals surface area contributed by atoms with Gasteiger partial charge in [-0.05, 0) is 61.2 Å². The fourth-order valence-corrected chi connectivity index (χ4v) is 6.25. The molecule has 10 heteroatoms. The summed E-state index contributed by atoms with van der Waals surface area (Å²) in [4.78, 5) is 14.8. The number of nitrogens with zero attached hydrogens (tertiary/aromatic N) is 3. The van der Waals surface area contributed by atoms with Crippen LogP contribution in [0.15, 0.2) is 53.6 Å². The molecule has 1 saturated carbocycles. The van der Waals surface area contributed by atoms with Crippen molar-refractivity contribution in [2.24, 2.45) is 0 Å². The molecule has 4 aromatic rings. The van der Waals surface area contributed by atoms with Crippen molar-refractivity contribution in [2.75, 3.05) is 10.0 Å². The Kier molecular flexibility index (Phi) is 8.13. The second kappa shape index (κ2) is 11.6. The molecular weight excluding hydrogens is 539 g/mol. The largest absolute Gasteiger partial charge is 0.351 e. The SMILES string of the molecule is CC(C)(C)c1nc(-c2ccc(F)c(NSc3c(F)cccc3F)c2)c(-c2ccnc(NC3CCCCC3)n2)s1. The third-order valence-electron chi connectivity index (χ3n) is 6.52. The van der Waals surface area contributed by atoms with Gasteiger partial charge in [0.25, 0.3) is 0 Å². The van der Waals surface area contributed by atoms with Crippen molar-refractivity contribution in [3.63, 3.8) is 0 Å². The monoisotopic (exact) mass is 569 g/mol. The van der Waals surface area contributed by atoms with Crippen molar-refractivity contribution in [3.05, 3.63) is 71.1 Å². The van der Waals surface area contributed by atoms with Crippen molar-refractivity contribution < 1.29 is 13.2 Å². The van der Waals surface area contributed by atoms with E-state index in [1.807, 2.05) is 6.07 Å². The predicted octanol–water partition coefficient (Wildman–Crippen LogP) is 8.85. The molecule has 0 radical (unpaired) electrons. The van der Waals surface area contributed by atoms with Gasteiger partial charge in [-0.15, -0.1) is 11.3 Å². The van der Waals surface area contributed by atoms with E-state index < -0.39 is 17.5 Å². The Bertz CT molecular complexity index is 1440. The first-order chi connectivity index (χ1) is 18.7. The van der Waals surface area contributed by atoms with Gasteiger partial charge in [-0.1, -0.05) is 46.1 Å². The molecule has 1 fully saturated rings. The smallest absolute Gasteiger partial charge is 0.223 e. The molecule has 0 bridgehead atoms. The summed E-state index contributed by atoms with van der Waals surface area (Å²) in [7, 11) is 0. The van der Waals surface area contributed by atoms with Crippen LogP contribution < -0.4 is 10.0 Å². The lowest BCUT2D eigenvalue weighted by Crippen LogP contribution is -2.23. The van der Waals surface area contributed by atoms with Crippen LogP contribution in [0.2, 0.25) is 0 Å². The fraction of sp³-hybridized carbons (Fsp3) is 0.345. The topological polar surface area (TPSA) is 62.7 Å². The molecule has 0 atom stereocenters. The molecule has 204 valence electrons. The summed E-state index contributed by atoms with van der Waals surface area (Å²) >= 11 is 2.23. The van der Waals surface area contributed by atoms with Crippen molar-refractivity contribution in [1.29, 1.82) is 0 Å². The molecule has 0 aliphatic heterocycles. The van der Waals surface area contributed by atoms with Gasteiger partial charge in [-0.25, -0.2) is 28.1 Å². The van der Waals surface area contributed by atoms with Gasteiger partial charge in [0.2, 0.25) is 5.95 Å². The highest BCUT2D eigenvalue weighted by molar-refractivity contribution is 8.00. The lowest BCUT2D eigenvalue weighted by molar-refractivity contribution is 0.461. The molecule has 5 nitrogen and oxygen atoms in total. The zero-order chi connectivity index (χ0) is 27.6. The number of rotatable bonds is 7. The lowest BCUT2D eigenvalue weighted by Gasteiger charge is -2.22. The first kappa shape index (κ1) is 27.5. The number of anilines is 2. The molecule has 5 rings (SSSR count). The van der Waals surface area contributed by atoms with E-state index in [1.54, 1.807) is 29.7 Å². The second-order valence-electron chi connectivity index (χ2n) is 10.6. The number of aromatic nitrogens is 3. The predicted molar refractivity (Wildman–Crippen MR) is 154 cm³/mol. The molecule has 2 aromatic heterocycles. The minimum Gasteiger partial charge on any atom is -0.351 e. The number of hydrogen-bond donors (Lipinski definition) is 2. The number of nitrogens with one attached hydrogen (secondary N) is 2. The Morgan fingerprint density at radius 3 is 2.38 bits per heavy atom. The molecular formula is C29H30F3N5S2. The molecule has 2 aromatic carbocycles. The highest BCUT2D eigenvalue weighted by Gasteiger charge is 2.25. The summed E-state index contributed by atoms with van der Waals surface area (Å²) in [5.41, 5.74) is 1.94. The van der Waals surface area contributed by atoms with E-state index in [9.17, 15) is 13.2 Å². The normalized spacial score (nSPS) is 14.4. The maximum atomic E-state index is 14.8. The number of benzene rings is 2. The van der Waals surface area contributed by atoms with E-state index in [0.717, 1.165) is 40.6 Å². The highest BCUT2D eigenvalue weighted by atomic mass is 32.2. The second-order valence-corrected chi connectivity index (χ2v) is 12.5. The zero-order valence-electron chi connectivity index (χ0n) is 22.0. The van der Waals surface area contributed by atoms with Gasteiger partial charge < -0.3 is 10.0 Å². The van der Waals surface area contributed by atoms with Gasteiger partial charge in [0, 0.05) is 23.2 Å². The van der Waals surface area contributed by atoms with Crippen LogP contribution in [-0.2, 0) is 5.41 Å². The minimum atomic E-state index is -0.720. The van der Waals surface area contributed by atoms with E-state index in [-0.39, 0.29) is 16.0 Å². The van der Waals surface area contributed by atoms with Gasteiger partial charge in [-0.2, -0.15) is 0 Å². The van der Waals surface area contributed by atoms with Gasteiger partial charge in [0.15, 0.2) is 0 Å². The summed E-state index contributed by atoms with van der Waals surface area (Å²) in [6.45, 7) is 6.27. The van der Waals surface area contributed by atoms with Crippen LogP contribution in [0.4, 0.5) is 24.8 Å². The lowest BCUT2D eigenvalue weighted by atomic mass is 9.96. The Morgan fingerprint density at radius 2 is 1.67 bits per heavy atom. The van der Waals surface area contributed by atoms with Crippen molar-refractivity contribution in [2.45, 2.75) is 69.2 Å². The summed E-state index contributed by atoms with van der Waals surface area (Å²) in [6, 6.07) is 10.4. The van der Waals surface area contributed by atoms with Gasteiger partial charge in [0.1, 0.15) is 17.5 Å². The van der Waals surface area contributed by atoms with Crippen molar-refractivity contribution >= 4 is 34.9 Å². The Balaban J connectivity index is 1.49. The molecule has 1 aliphatic carbocycles. The molecule has 0 unspecified atom stereocenters. The summed E-state index contributed by atoms with van der Waals surface area (Å²) < 4.78 is 45.8. The summed E-state index contributed by atoms with van der Waals surface area (Å²) in [5, 5.41) is 4.40. The zero-order valence-corrected chi connectivity index (χ0v) is 23.7. The molecule has 0 spiro atoms. The number of thiazole rings is 1. The fourth-order valence-electron chi connectivity index (χ4n) is 4.43. The summed E-state index contributed by atoms with van der Waals surface area (Å²) in [6.07, 6.45) is 7.62. The van der Waals surface area contributed by atoms with Crippen LogP contribution >= 0.6 is 23.3 Å². The van der Waals surface area contributed by atoms with Crippen LogP contribution in [0.1, 0.15) is 57.9 Å². The Morgan fingerprint density at radius 1 is 0.923 bits per heavy atom. The van der Waals surface area contributed by atoms with Crippen LogP contribution in [-0.4, -0.2) is 21.0 Å². The van der Waals surface area contributed by atoms with E-state index >= 15 is 0 Å². The molecule has 2 N–H and O–H groups in total. The molecule has 0 amide bonds. The van der Waals surface area contributed by atoms with E-state index in [4.69, 9.17) is 9.97 Å². The van der Waals surface area contributed by atoms with Gasteiger partial charge in [0.05, 0.1) is 31.9 Å². The average molecular weight is 570 g/mol. The molecule has 0 saturated heterocycles. The molecule has 39 heavy (non-hydrogen) atoms. The summed E-state index contributed by atoms with van der Waals surface area (Å²) in [5.74, 6) is -1.40. The van der Waals surface area contributed by atoms with Crippen LogP contribution in [0, 0.1) is 17.5 Å². The van der Waals surface area contributed by atoms with E-state index in [1.165, 1.54) is 31.4 Å². The number of halogens is 3. The number of hydrogen-bond acceptors (Lipinski definition) is 7. The van der Waals surface area contributed by atoms with E-state index in [0.29, 0.717) is 35.2 Å². The van der Waals surface area contributed by atoms with Crippen LogP contribution in [0.5, 0.6) is 0 Å². The van der Waals surface area contributed by atoms with Crippen molar-refractivity contribution in [3.8, 4) is 21.8 Å².